The van der Waals surface area contributed by atoms with Gasteiger partial charge in [0.1, 0.15) is 11.8 Å². The van der Waals surface area contributed by atoms with Crippen LogP contribution in [0.2, 0.25) is 10.0 Å². The van der Waals surface area contributed by atoms with Crippen LogP contribution in [0.5, 0.6) is 5.75 Å². The molecule has 0 unspecified atom stereocenters. The zero-order valence-corrected chi connectivity index (χ0v) is 24.3. The van der Waals surface area contributed by atoms with Crippen molar-refractivity contribution in [2.24, 2.45) is 5.92 Å². The predicted molar refractivity (Wildman–Crippen MR) is 155 cm³/mol. The second-order valence-electron chi connectivity index (χ2n) is 11.0. The van der Waals surface area contributed by atoms with E-state index in [4.69, 9.17) is 27.9 Å². The van der Waals surface area contributed by atoms with Crippen LogP contribution in [0.4, 0.5) is 0 Å². The number of Topliss-reactive ketones (excluding diaryl/α,β-unsaturated/α-hetero) is 1. The molecule has 3 aliphatic rings. The smallest absolute Gasteiger partial charge is 0.289 e. The summed E-state index contributed by atoms with van der Waals surface area (Å²) in [5.41, 5.74) is 0.964. The van der Waals surface area contributed by atoms with Crippen LogP contribution < -0.4 is 20.7 Å². The molecule has 0 aromatic heterocycles. The molecule has 3 fully saturated rings. The van der Waals surface area contributed by atoms with Gasteiger partial charge < -0.3 is 25.6 Å². The number of hydrogen-bond acceptors (Lipinski definition) is 6. The minimum atomic E-state index is -1.21. The maximum absolute atomic E-state index is 13.8. The van der Waals surface area contributed by atoms with Crippen molar-refractivity contribution in [3.8, 4) is 5.75 Å². The Kier molecular flexibility index (Phi) is 9.33. The van der Waals surface area contributed by atoms with Crippen molar-refractivity contribution in [1.82, 2.24) is 20.9 Å². The molecule has 0 radical (unpaired) electrons. The molecule has 4 atom stereocenters. The van der Waals surface area contributed by atoms with Gasteiger partial charge in [0.2, 0.25) is 17.6 Å². The number of hydrogen-bond donors (Lipinski definition) is 3. The average Bonchev–Trinajstić information content (AvgIpc) is 3.52. The topological polar surface area (TPSA) is 134 Å². The normalized spacial score (nSPS) is 22.3. The van der Waals surface area contributed by atoms with Gasteiger partial charge in [0.15, 0.2) is 6.61 Å². The van der Waals surface area contributed by atoms with Crippen LogP contribution >= 0.6 is 23.2 Å². The molecule has 3 N–H and O–H groups in total. The second kappa shape index (κ2) is 13.1. The van der Waals surface area contributed by atoms with E-state index >= 15 is 0 Å². The third-order valence-corrected chi connectivity index (χ3v) is 8.42. The lowest BCUT2D eigenvalue weighted by atomic mass is 9.94. The zero-order valence-electron chi connectivity index (χ0n) is 22.8. The van der Waals surface area contributed by atoms with E-state index in [-0.39, 0.29) is 48.2 Å². The number of nitrogens with zero attached hydrogens (tertiary/aromatic N) is 1. The number of carbonyl (C=O) groups excluding carboxylic acids is 5. The summed E-state index contributed by atoms with van der Waals surface area (Å²) in [5, 5.41) is 8.79. The van der Waals surface area contributed by atoms with Crippen LogP contribution in [-0.4, -0.2) is 72.1 Å². The standard InChI is InChI=1S/C30H32Cl2N4O6/c31-20-6-9-25(22(32)14-20)42-16-26(37)36-15-19(17-4-2-1-3-5-17)13-24(36)29(40)35-23(12-18-10-11-33-28(18)39)27(38)30(41)34-21-7-8-21/h1-6,9,14,18-19,21,23-24H,7-8,10-13,15-16H2,(H,33,39)(H,34,41)(H,35,40)/t18-,19+,23-,24-/m0/s1. The number of ketones is 1. The summed E-state index contributed by atoms with van der Waals surface area (Å²) in [5.74, 6) is -3.18. The maximum Gasteiger partial charge on any atom is 0.289 e. The van der Waals surface area contributed by atoms with E-state index < -0.39 is 41.5 Å². The van der Waals surface area contributed by atoms with E-state index in [0.717, 1.165) is 18.4 Å². The number of carbonyl (C=O) groups is 5. The van der Waals surface area contributed by atoms with Crippen molar-refractivity contribution in [3.05, 3.63) is 64.1 Å². The highest BCUT2D eigenvalue weighted by atomic mass is 35.5. The molecule has 0 spiro atoms. The Labute approximate surface area is 253 Å². The minimum Gasteiger partial charge on any atom is -0.482 e. The number of amides is 4. The Morgan fingerprint density at radius 1 is 1.05 bits per heavy atom. The highest BCUT2D eigenvalue weighted by molar-refractivity contribution is 6.38. The van der Waals surface area contributed by atoms with Crippen LogP contribution in [0.15, 0.2) is 48.5 Å². The molecule has 10 nitrogen and oxygen atoms in total. The summed E-state index contributed by atoms with van der Waals surface area (Å²) in [6, 6.07) is 12.0. The molecule has 2 saturated heterocycles. The van der Waals surface area contributed by atoms with Crippen molar-refractivity contribution in [3.63, 3.8) is 0 Å². The van der Waals surface area contributed by atoms with Crippen molar-refractivity contribution in [2.75, 3.05) is 19.7 Å². The van der Waals surface area contributed by atoms with Gasteiger partial charge in [0.25, 0.3) is 11.8 Å². The second-order valence-corrected chi connectivity index (χ2v) is 11.8. The molecule has 12 heteroatoms. The number of likely N-dealkylation sites (tertiary alicyclic amines) is 1. The molecule has 5 rings (SSSR count). The summed E-state index contributed by atoms with van der Waals surface area (Å²) < 4.78 is 5.66. The lowest BCUT2D eigenvalue weighted by Crippen LogP contribution is -2.54. The summed E-state index contributed by atoms with van der Waals surface area (Å²) in [7, 11) is 0. The van der Waals surface area contributed by atoms with Crippen LogP contribution in [0.1, 0.15) is 43.6 Å². The van der Waals surface area contributed by atoms with E-state index in [2.05, 4.69) is 16.0 Å². The molecular formula is C30H32Cl2N4O6. The Morgan fingerprint density at radius 3 is 2.48 bits per heavy atom. The summed E-state index contributed by atoms with van der Waals surface area (Å²) in [6.07, 6.45) is 2.39. The first-order valence-corrected chi connectivity index (χ1v) is 14.8. The molecule has 1 saturated carbocycles. The fourth-order valence-corrected chi connectivity index (χ4v) is 5.90. The van der Waals surface area contributed by atoms with Crippen LogP contribution in [0, 0.1) is 5.92 Å². The first-order chi connectivity index (χ1) is 20.2. The Morgan fingerprint density at radius 2 is 1.81 bits per heavy atom. The van der Waals surface area contributed by atoms with Crippen LogP contribution in [0.25, 0.3) is 0 Å². The van der Waals surface area contributed by atoms with Gasteiger partial charge in [-0.05, 0) is 55.9 Å². The van der Waals surface area contributed by atoms with Gasteiger partial charge in [-0.1, -0.05) is 53.5 Å². The van der Waals surface area contributed by atoms with Crippen molar-refractivity contribution in [2.45, 2.75) is 56.1 Å². The SMILES string of the molecule is O=C(NC1CC1)C(=O)[C@H](C[C@@H]1CCNC1=O)NC(=O)[C@@H]1C[C@@H](c2ccccc2)CN1C(=O)COc1ccc(Cl)cc1Cl. The van der Waals surface area contributed by atoms with Crippen LogP contribution in [-0.2, 0) is 24.0 Å². The first kappa shape index (κ1) is 29.8. The van der Waals surface area contributed by atoms with E-state index in [0.29, 0.717) is 24.4 Å². The minimum absolute atomic E-state index is 0.00451. The average molecular weight is 616 g/mol. The van der Waals surface area contributed by atoms with E-state index in [1.807, 2.05) is 30.3 Å². The molecule has 0 bridgehead atoms. The lowest BCUT2D eigenvalue weighted by molar-refractivity contribution is -0.143. The molecule has 2 aromatic rings. The molecule has 222 valence electrons. The quantitative estimate of drug-likeness (QED) is 0.333. The van der Waals surface area contributed by atoms with Crippen molar-refractivity contribution in [1.29, 1.82) is 0 Å². The van der Waals surface area contributed by atoms with E-state index in [1.165, 1.54) is 11.0 Å². The fraction of sp³-hybridized carbons (Fsp3) is 0.433. The fourth-order valence-electron chi connectivity index (χ4n) is 5.44. The number of rotatable bonds is 11. The van der Waals surface area contributed by atoms with Gasteiger partial charge in [0.05, 0.1) is 11.1 Å². The van der Waals surface area contributed by atoms with Gasteiger partial charge in [-0.15, -0.1) is 0 Å². The third kappa shape index (κ3) is 7.22. The van der Waals surface area contributed by atoms with Crippen molar-refractivity contribution < 1.29 is 28.7 Å². The maximum atomic E-state index is 13.8. The molecule has 42 heavy (non-hydrogen) atoms. The Bertz CT molecular complexity index is 1370. The highest BCUT2D eigenvalue weighted by Crippen LogP contribution is 2.33. The summed E-state index contributed by atoms with van der Waals surface area (Å²) >= 11 is 12.1. The van der Waals surface area contributed by atoms with Gasteiger partial charge in [-0.3, -0.25) is 24.0 Å². The zero-order chi connectivity index (χ0) is 29.8. The summed E-state index contributed by atoms with van der Waals surface area (Å²) in [6.45, 7) is 0.347. The molecular weight excluding hydrogens is 583 g/mol. The van der Waals surface area contributed by atoms with Crippen LogP contribution in [0.3, 0.4) is 0 Å². The third-order valence-electron chi connectivity index (χ3n) is 7.89. The predicted octanol–water partition coefficient (Wildman–Crippen LogP) is 2.62. The lowest BCUT2D eigenvalue weighted by Gasteiger charge is -2.26. The molecule has 4 amide bonds. The molecule has 1 aliphatic carbocycles. The Balaban J connectivity index is 1.33. The number of ether oxygens (including phenoxy) is 1. The van der Waals surface area contributed by atoms with Gasteiger partial charge in [-0.2, -0.15) is 0 Å². The largest absolute Gasteiger partial charge is 0.482 e. The van der Waals surface area contributed by atoms with Gasteiger partial charge in [0, 0.05) is 36.0 Å². The number of halogens is 2. The molecule has 2 aliphatic heterocycles. The number of nitrogens with one attached hydrogen (secondary N) is 3. The molecule has 2 aromatic carbocycles. The van der Waals surface area contributed by atoms with Crippen molar-refractivity contribution >= 4 is 52.6 Å². The van der Waals surface area contributed by atoms with E-state index in [9.17, 15) is 24.0 Å². The Hall–Kier alpha value is -3.63. The number of benzene rings is 2. The van der Waals surface area contributed by atoms with Gasteiger partial charge >= 0.3 is 0 Å². The van der Waals surface area contributed by atoms with Gasteiger partial charge in [-0.25, -0.2) is 0 Å². The monoisotopic (exact) mass is 614 g/mol. The molecule has 2 heterocycles. The highest BCUT2D eigenvalue weighted by Gasteiger charge is 2.43. The van der Waals surface area contributed by atoms with E-state index in [1.54, 1.807) is 12.1 Å². The summed E-state index contributed by atoms with van der Waals surface area (Å²) in [4.78, 5) is 66.8. The first-order valence-electron chi connectivity index (χ1n) is 14.0.